The normalized spacial score (nSPS) is 12.0. The molecule has 7 heteroatoms. The van der Waals surface area contributed by atoms with Gasteiger partial charge in [-0.15, -0.1) is 0 Å². The van der Waals surface area contributed by atoms with Gasteiger partial charge in [0.2, 0.25) is 5.91 Å². The van der Waals surface area contributed by atoms with Crippen molar-refractivity contribution in [3.8, 4) is 0 Å². The van der Waals surface area contributed by atoms with Gasteiger partial charge in [0, 0.05) is 25.5 Å². The van der Waals surface area contributed by atoms with Crippen LogP contribution in [0.4, 0.5) is 4.39 Å². The van der Waals surface area contributed by atoms with E-state index in [-0.39, 0.29) is 30.6 Å². The molecule has 0 aliphatic heterocycles. The zero-order chi connectivity index (χ0) is 16.8. The molecule has 0 aliphatic rings. The van der Waals surface area contributed by atoms with E-state index in [9.17, 15) is 14.0 Å². The smallest absolute Gasteiger partial charge is 0.221 e. The molecule has 2 rings (SSSR count). The van der Waals surface area contributed by atoms with Gasteiger partial charge in [0.15, 0.2) is 5.78 Å². The van der Waals surface area contributed by atoms with Gasteiger partial charge in [-0.05, 0) is 30.7 Å². The molecule has 1 heterocycles. The van der Waals surface area contributed by atoms with Crippen LogP contribution in [0.15, 0.2) is 30.6 Å². The minimum absolute atomic E-state index is 0.0740. The van der Waals surface area contributed by atoms with Gasteiger partial charge in [-0.1, -0.05) is 6.92 Å². The third-order valence-corrected chi connectivity index (χ3v) is 3.55. The van der Waals surface area contributed by atoms with Crippen LogP contribution in [0.25, 0.3) is 0 Å². The second kappa shape index (κ2) is 7.62. The number of rotatable bonds is 7. The summed E-state index contributed by atoms with van der Waals surface area (Å²) >= 11 is 0. The fraction of sp³-hybridized carbons (Fsp3) is 0.375. The van der Waals surface area contributed by atoms with E-state index in [2.05, 4.69) is 15.4 Å². The van der Waals surface area contributed by atoms with Crippen LogP contribution in [0.5, 0.6) is 0 Å². The van der Waals surface area contributed by atoms with Gasteiger partial charge in [0.1, 0.15) is 18.0 Å². The summed E-state index contributed by atoms with van der Waals surface area (Å²) in [6.07, 6.45) is 2.25. The van der Waals surface area contributed by atoms with E-state index in [0.29, 0.717) is 17.8 Å². The first kappa shape index (κ1) is 16.8. The quantitative estimate of drug-likeness (QED) is 0.794. The monoisotopic (exact) mass is 318 g/mol. The van der Waals surface area contributed by atoms with Crippen molar-refractivity contribution in [3.05, 3.63) is 47.8 Å². The lowest BCUT2D eigenvalue weighted by molar-refractivity contribution is -0.121. The standard InChI is InChI=1S/C16H19FN4O2/c1-3-13(16-18-10-19-21(16)2)20-15(23)9-8-14(22)11-4-6-12(17)7-5-11/h4-7,10,13H,3,8-9H2,1-2H3,(H,20,23)/t13-/m0/s1. The van der Waals surface area contributed by atoms with Crippen LogP contribution in [0, 0.1) is 5.82 Å². The van der Waals surface area contributed by atoms with Crippen LogP contribution in [-0.2, 0) is 11.8 Å². The molecule has 0 spiro atoms. The summed E-state index contributed by atoms with van der Waals surface area (Å²) in [5.41, 5.74) is 0.402. The van der Waals surface area contributed by atoms with Gasteiger partial charge in [0.05, 0.1) is 6.04 Å². The van der Waals surface area contributed by atoms with Crippen molar-refractivity contribution < 1.29 is 14.0 Å². The number of nitrogens with zero attached hydrogens (tertiary/aromatic N) is 3. The fourth-order valence-electron chi connectivity index (χ4n) is 2.24. The number of benzene rings is 1. The van der Waals surface area contributed by atoms with E-state index in [0.717, 1.165) is 0 Å². The summed E-state index contributed by atoms with van der Waals surface area (Å²) < 4.78 is 14.4. The minimum atomic E-state index is -0.395. The summed E-state index contributed by atoms with van der Waals surface area (Å²) in [5.74, 6) is -0.137. The second-order valence-electron chi connectivity index (χ2n) is 5.20. The molecular weight excluding hydrogens is 299 g/mol. The number of Topliss-reactive ketones (excluding diaryl/α,β-unsaturated/α-hetero) is 1. The predicted octanol–water partition coefficient (Wildman–Crippen LogP) is 2.18. The molecule has 0 saturated carbocycles. The maximum absolute atomic E-state index is 12.8. The predicted molar refractivity (Wildman–Crippen MR) is 82.1 cm³/mol. The lowest BCUT2D eigenvalue weighted by Gasteiger charge is -2.15. The Balaban J connectivity index is 1.88. The van der Waals surface area contributed by atoms with Gasteiger partial charge in [-0.3, -0.25) is 14.3 Å². The molecule has 1 amide bonds. The van der Waals surface area contributed by atoms with Crippen LogP contribution in [0.2, 0.25) is 0 Å². The van der Waals surface area contributed by atoms with Gasteiger partial charge >= 0.3 is 0 Å². The van der Waals surface area contributed by atoms with Crippen LogP contribution in [0.1, 0.15) is 48.4 Å². The number of halogens is 1. The summed E-state index contributed by atoms with van der Waals surface area (Å²) in [6.45, 7) is 1.93. The maximum Gasteiger partial charge on any atom is 0.221 e. The van der Waals surface area contributed by atoms with Gasteiger partial charge < -0.3 is 5.32 Å². The van der Waals surface area contributed by atoms with Crippen molar-refractivity contribution in [1.82, 2.24) is 20.1 Å². The Morgan fingerprint density at radius 3 is 2.52 bits per heavy atom. The first-order valence-electron chi connectivity index (χ1n) is 7.43. The van der Waals surface area contributed by atoms with Crippen LogP contribution >= 0.6 is 0 Å². The van der Waals surface area contributed by atoms with E-state index < -0.39 is 5.82 Å². The molecule has 6 nitrogen and oxygen atoms in total. The number of aryl methyl sites for hydroxylation is 1. The third kappa shape index (κ3) is 4.45. The Bertz CT molecular complexity index is 682. The van der Waals surface area contributed by atoms with E-state index in [4.69, 9.17) is 0 Å². The SMILES string of the molecule is CC[C@H](NC(=O)CCC(=O)c1ccc(F)cc1)c1ncnn1C. The van der Waals surface area contributed by atoms with Crippen molar-refractivity contribution in [2.24, 2.45) is 7.05 Å². The van der Waals surface area contributed by atoms with E-state index in [1.165, 1.54) is 30.6 Å². The highest BCUT2D eigenvalue weighted by Crippen LogP contribution is 2.13. The van der Waals surface area contributed by atoms with Crippen molar-refractivity contribution in [2.45, 2.75) is 32.2 Å². The Kier molecular flexibility index (Phi) is 5.56. The number of aromatic nitrogens is 3. The molecule has 2 aromatic rings. The summed E-state index contributed by atoms with van der Waals surface area (Å²) in [5, 5.41) is 6.83. The van der Waals surface area contributed by atoms with Crippen LogP contribution in [0.3, 0.4) is 0 Å². The molecule has 0 saturated heterocycles. The van der Waals surface area contributed by atoms with Crippen molar-refractivity contribution in [3.63, 3.8) is 0 Å². The number of carbonyl (C=O) groups is 2. The molecule has 1 aromatic heterocycles. The highest BCUT2D eigenvalue weighted by atomic mass is 19.1. The number of hydrogen-bond donors (Lipinski definition) is 1. The highest BCUT2D eigenvalue weighted by Gasteiger charge is 2.18. The first-order chi connectivity index (χ1) is 11.0. The van der Waals surface area contributed by atoms with Crippen LogP contribution in [-0.4, -0.2) is 26.5 Å². The molecule has 0 radical (unpaired) electrons. The second-order valence-corrected chi connectivity index (χ2v) is 5.20. The molecule has 0 fully saturated rings. The number of ketones is 1. The zero-order valence-corrected chi connectivity index (χ0v) is 13.1. The Labute approximate surface area is 133 Å². The molecule has 1 aromatic carbocycles. The molecule has 1 N–H and O–H groups in total. The topological polar surface area (TPSA) is 76.9 Å². The fourth-order valence-corrected chi connectivity index (χ4v) is 2.24. The lowest BCUT2D eigenvalue weighted by atomic mass is 10.1. The summed E-state index contributed by atoms with van der Waals surface area (Å²) in [6, 6.07) is 5.06. The number of amides is 1. The van der Waals surface area contributed by atoms with Crippen molar-refractivity contribution >= 4 is 11.7 Å². The van der Waals surface area contributed by atoms with E-state index >= 15 is 0 Å². The average molecular weight is 318 g/mol. The van der Waals surface area contributed by atoms with E-state index in [1.807, 2.05) is 6.92 Å². The molecule has 0 bridgehead atoms. The average Bonchev–Trinajstić information content (AvgIpc) is 2.97. The van der Waals surface area contributed by atoms with Crippen molar-refractivity contribution in [1.29, 1.82) is 0 Å². The molecule has 0 unspecified atom stereocenters. The van der Waals surface area contributed by atoms with Gasteiger partial charge in [0.25, 0.3) is 0 Å². The Morgan fingerprint density at radius 2 is 1.96 bits per heavy atom. The minimum Gasteiger partial charge on any atom is -0.346 e. The summed E-state index contributed by atoms with van der Waals surface area (Å²) in [7, 11) is 1.76. The molecule has 0 aliphatic carbocycles. The summed E-state index contributed by atoms with van der Waals surface area (Å²) in [4.78, 5) is 28.1. The Morgan fingerprint density at radius 1 is 1.26 bits per heavy atom. The lowest BCUT2D eigenvalue weighted by Crippen LogP contribution is -2.30. The zero-order valence-electron chi connectivity index (χ0n) is 13.1. The molecular formula is C16H19FN4O2. The number of carbonyl (C=O) groups excluding carboxylic acids is 2. The number of nitrogens with one attached hydrogen (secondary N) is 1. The number of hydrogen-bond acceptors (Lipinski definition) is 4. The molecule has 23 heavy (non-hydrogen) atoms. The molecule has 122 valence electrons. The van der Waals surface area contributed by atoms with E-state index in [1.54, 1.807) is 11.7 Å². The third-order valence-electron chi connectivity index (χ3n) is 3.55. The maximum atomic E-state index is 12.8. The first-order valence-corrected chi connectivity index (χ1v) is 7.43. The molecule has 1 atom stereocenters. The van der Waals surface area contributed by atoms with Gasteiger partial charge in [-0.2, -0.15) is 5.10 Å². The van der Waals surface area contributed by atoms with Gasteiger partial charge in [-0.25, -0.2) is 9.37 Å². The largest absolute Gasteiger partial charge is 0.346 e. The Hall–Kier alpha value is -2.57. The highest BCUT2D eigenvalue weighted by molar-refractivity contribution is 5.97. The van der Waals surface area contributed by atoms with Crippen molar-refractivity contribution in [2.75, 3.05) is 0 Å². The van der Waals surface area contributed by atoms with Crippen LogP contribution < -0.4 is 5.32 Å².